The summed E-state index contributed by atoms with van der Waals surface area (Å²) in [7, 11) is 0. The molecule has 0 amide bonds. The van der Waals surface area contributed by atoms with Gasteiger partial charge in [0.25, 0.3) is 0 Å². The monoisotopic (exact) mass is 700 g/mol. The van der Waals surface area contributed by atoms with E-state index in [2.05, 4.69) is 193 Å². The Balaban J connectivity index is 1.27. The number of hydrogen-bond acceptors (Lipinski definition) is 2. The molecule has 2 aromatic heterocycles. The molecule has 9 rings (SSSR count). The minimum absolute atomic E-state index is 1.21. The molecule has 248 valence electrons. The maximum absolute atomic E-state index is 2.41. The van der Waals surface area contributed by atoms with E-state index in [0.29, 0.717) is 0 Å². The van der Waals surface area contributed by atoms with Crippen molar-refractivity contribution in [3.05, 3.63) is 190 Å². The van der Waals surface area contributed by atoms with Crippen LogP contribution in [0.15, 0.2) is 179 Å². The summed E-state index contributed by atoms with van der Waals surface area (Å²) in [5.41, 5.74) is 15.0. The Labute approximate surface area is 313 Å². The second-order valence-electron chi connectivity index (χ2n) is 13.2. The first-order chi connectivity index (χ1) is 25.7. The molecule has 0 aliphatic heterocycles. The fraction of sp³-hybridized carbons (Fsp3) is 0.0400. The van der Waals surface area contributed by atoms with E-state index in [1.54, 1.807) is 22.7 Å². The summed E-state index contributed by atoms with van der Waals surface area (Å²) in [6.45, 7) is 4.34. The standard InChI is InChI=1S/C50H36S2/c1-3-39(40(4-2)44-23-11-17-33-14-5-8-20-41(33)44)36-26-37(47-29-51-31-49(47)45-24-12-18-34-15-6-9-21-42(34)45)28-38(27-36)48-30-52-32-50(48)46-25-13-19-35-16-7-10-22-43(35)46/h3-32H,1-2H3/b39-3-,40-4+. The van der Waals surface area contributed by atoms with Crippen molar-refractivity contribution >= 4 is 66.1 Å². The summed E-state index contributed by atoms with van der Waals surface area (Å²) in [4.78, 5) is 0. The van der Waals surface area contributed by atoms with E-state index in [-0.39, 0.29) is 0 Å². The van der Waals surface area contributed by atoms with Crippen LogP contribution in [0, 0.1) is 0 Å². The Bertz CT molecular complexity index is 2670. The minimum atomic E-state index is 1.21. The topological polar surface area (TPSA) is 0 Å². The molecule has 2 heterocycles. The predicted molar refractivity (Wildman–Crippen MR) is 230 cm³/mol. The average molecular weight is 701 g/mol. The Kier molecular flexibility index (Phi) is 8.48. The zero-order chi connectivity index (χ0) is 35.0. The Morgan fingerprint density at radius 3 is 1.33 bits per heavy atom. The molecule has 0 aliphatic rings. The first-order valence-corrected chi connectivity index (χ1v) is 19.7. The SMILES string of the molecule is C/C=C(\C(=C/C)c1cccc2ccccc12)c1cc(-c2cscc2-c2cccc3ccccc23)cc(-c2cscc2-c2cccc3ccccc23)c1. The van der Waals surface area contributed by atoms with Gasteiger partial charge in [0.15, 0.2) is 0 Å². The second-order valence-corrected chi connectivity index (χ2v) is 14.7. The van der Waals surface area contributed by atoms with Crippen LogP contribution >= 0.6 is 22.7 Å². The third-order valence-electron chi connectivity index (χ3n) is 10.3. The van der Waals surface area contributed by atoms with E-state index < -0.39 is 0 Å². The zero-order valence-electron chi connectivity index (χ0n) is 29.1. The average Bonchev–Trinajstić information content (AvgIpc) is 3.90. The molecule has 9 aromatic rings. The van der Waals surface area contributed by atoms with Crippen molar-refractivity contribution in [2.45, 2.75) is 13.8 Å². The number of allylic oxidation sites excluding steroid dienone is 4. The van der Waals surface area contributed by atoms with Crippen LogP contribution in [0.25, 0.3) is 88.0 Å². The molecular formula is C50H36S2. The molecule has 52 heavy (non-hydrogen) atoms. The number of rotatable bonds is 7. The molecule has 2 heteroatoms. The molecule has 0 saturated heterocycles. The van der Waals surface area contributed by atoms with Gasteiger partial charge in [0.05, 0.1) is 0 Å². The molecule has 0 saturated carbocycles. The minimum Gasteiger partial charge on any atom is -0.151 e. The molecule has 0 fully saturated rings. The quantitative estimate of drug-likeness (QED) is 0.145. The van der Waals surface area contributed by atoms with E-state index in [9.17, 15) is 0 Å². The van der Waals surface area contributed by atoms with Crippen LogP contribution in [0.3, 0.4) is 0 Å². The van der Waals surface area contributed by atoms with E-state index in [1.165, 1.54) is 99.1 Å². The Morgan fingerprint density at radius 1 is 0.385 bits per heavy atom. The van der Waals surface area contributed by atoms with E-state index in [1.807, 2.05) is 0 Å². The first-order valence-electron chi connectivity index (χ1n) is 17.8. The van der Waals surface area contributed by atoms with Crippen molar-refractivity contribution in [1.82, 2.24) is 0 Å². The van der Waals surface area contributed by atoms with Crippen LogP contribution in [-0.4, -0.2) is 0 Å². The lowest BCUT2D eigenvalue weighted by Crippen LogP contribution is -1.95. The van der Waals surface area contributed by atoms with Gasteiger partial charge in [-0.15, -0.1) is 0 Å². The highest BCUT2D eigenvalue weighted by Crippen LogP contribution is 2.45. The van der Waals surface area contributed by atoms with E-state index in [0.717, 1.165) is 0 Å². The Hall–Kier alpha value is -5.80. The van der Waals surface area contributed by atoms with Gasteiger partial charge in [0.1, 0.15) is 0 Å². The molecule has 0 nitrogen and oxygen atoms in total. The van der Waals surface area contributed by atoms with Gasteiger partial charge in [-0.3, -0.25) is 0 Å². The largest absolute Gasteiger partial charge is 0.151 e. The van der Waals surface area contributed by atoms with Crippen molar-refractivity contribution in [1.29, 1.82) is 0 Å². The van der Waals surface area contributed by atoms with Crippen LogP contribution < -0.4 is 0 Å². The molecule has 0 N–H and O–H groups in total. The summed E-state index contributed by atoms with van der Waals surface area (Å²) in [6, 6.07) is 53.4. The predicted octanol–water partition coefficient (Wildman–Crippen LogP) is 15.4. The van der Waals surface area contributed by atoms with E-state index >= 15 is 0 Å². The highest BCUT2D eigenvalue weighted by atomic mass is 32.1. The van der Waals surface area contributed by atoms with Crippen LogP contribution in [0.4, 0.5) is 0 Å². The van der Waals surface area contributed by atoms with Gasteiger partial charge in [-0.25, -0.2) is 0 Å². The number of fused-ring (bicyclic) bond motifs is 3. The van der Waals surface area contributed by atoms with Gasteiger partial charge < -0.3 is 0 Å². The van der Waals surface area contributed by atoms with E-state index in [4.69, 9.17) is 0 Å². The Morgan fingerprint density at radius 2 is 0.808 bits per heavy atom. The molecule has 7 aromatic carbocycles. The number of hydrogen-bond donors (Lipinski definition) is 0. The number of thiophene rings is 2. The number of benzene rings is 7. The van der Waals surface area contributed by atoms with Gasteiger partial charge >= 0.3 is 0 Å². The fourth-order valence-electron chi connectivity index (χ4n) is 7.87. The second kappa shape index (κ2) is 13.7. The summed E-state index contributed by atoms with van der Waals surface area (Å²) in [6.07, 6.45) is 4.57. The third-order valence-corrected chi connectivity index (χ3v) is 11.8. The first kappa shape index (κ1) is 32.1. The molecule has 0 unspecified atom stereocenters. The lowest BCUT2D eigenvalue weighted by Gasteiger charge is -2.18. The van der Waals surface area contributed by atoms with Gasteiger partial charge in [-0.1, -0.05) is 140 Å². The molecule has 0 spiro atoms. The molecule has 0 aliphatic carbocycles. The van der Waals surface area contributed by atoms with Crippen molar-refractivity contribution in [2.24, 2.45) is 0 Å². The molecule has 0 bridgehead atoms. The lowest BCUT2D eigenvalue weighted by molar-refractivity contribution is 1.55. The maximum atomic E-state index is 2.41. The zero-order valence-corrected chi connectivity index (χ0v) is 30.8. The van der Waals surface area contributed by atoms with Crippen LogP contribution in [0.2, 0.25) is 0 Å². The van der Waals surface area contributed by atoms with Crippen LogP contribution in [0.1, 0.15) is 25.0 Å². The van der Waals surface area contributed by atoms with Gasteiger partial charge in [-0.2, -0.15) is 22.7 Å². The normalized spacial score (nSPS) is 12.3. The van der Waals surface area contributed by atoms with Crippen molar-refractivity contribution in [2.75, 3.05) is 0 Å². The van der Waals surface area contributed by atoms with Crippen LogP contribution in [0.5, 0.6) is 0 Å². The van der Waals surface area contributed by atoms with Crippen molar-refractivity contribution < 1.29 is 0 Å². The highest BCUT2D eigenvalue weighted by molar-refractivity contribution is 7.09. The molecule has 0 atom stereocenters. The fourth-order valence-corrected chi connectivity index (χ4v) is 9.58. The van der Waals surface area contributed by atoms with Crippen molar-refractivity contribution in [3.63, 3.8) is 0 Å². The molecular weight excluding hydrogens is 665 g/mol. The summed E-state index contributed by atoms with van der Waals surface area (Å²) >= 11 is 3.55. The summed E-state index contributed by atoms with van der Waals surface area (Å²) in [5, 5.41) is 16.9. The van der Waals surface area contributed by atoms with Gasteiger partial charge in [0, 0.05) is 22.3 Å². The highest BCUT2D eigenvalue weighted by Gasteiger charge is 2.19. The summed E-state index contributed by atoms with van der Waals surface area (Å²) < 4.78 is 0. The van der Waals surface area contributed by atoms with Crippen LogP contribution in [-0.2, 0) is 0 Å². The third kappa shape index (κ3) is 5.62. The summed E-state index contributed by atoms with van der Waals surface area (Å²) in [5.74, 6) is 0. The lowest BCUT2D eigenvalue weighted by atomic mass is 9.85. The van der Waals surface area contributed by atoms with Crippen molar-refractivity contribution in [3.8, 4) is 44.5 Å². The maximum Gasteiger partial charge on any atom is 0.000808 e. The smallest absolute Gasteiger partial charge is 0.000808 e. The van der Waals surface area contributed by atoms with Gasteiger partial charge in [-0.05, 0) is 130 Å². The molecule has 0 radical (unpaired) electrons. The van der Waals surface area contributed by atoms with Gasteiger partial charge in [0.2, 0.25) is 0 Å².